The van der Waals surface area contributed by atoms with Crippen LogP contribution in [0.2, 0.25) is 0 Å². The minimum atomic E-state index is 0.114. The van der Waals surface area contributed by atoms with Crippen LogP contribution in [0.4, 0.5) is 0 Å². The van der Waals surface area contributed by atoms with Crippen LogP contribution in [0.25, 0.3) is 0 Å². The molecule has 1 aliphatic rings. The van der Waals surface area contributed by atoms with Crippen molar-refractivity contribution >= 4 is 5.91 Å². The Hall–Kier alpha value is -0.650. The molecule has 1 fully saturated rings. The van der Waals surface area contributed by atoms with Crippen LogP contribution in [-0.4, -0.2) is 63.8 Å². The fourth-order valence-electron chi connectivity index (χ4n) is 3.01. The maximum atomic E-state index is 12.1. The van der Waals surface area contributed by atoms with Crippen molar-refractivity contribution in [1.82, 2.24) is 15.5 Å². The van der Waals surface area contributed by atoms with Crippen LogP contribution in [-0.2, 0) is 9.53 Å². The van der Waals surface area contributed by atoms with E-state index in [0.717, 1.165) is 26.1 Å². The van der Waals surface area contributed by atoms with Crippen molar-refractivity contribution in [1.29, 1.82) is 0 Å². The fourth-order valence-corrected chi connectivity index (χ4v) is 3.01. The molecule has 0 bridgehead atoms. The number of carbonyl (C=O) groups is 1. The van der Waals surface area contributed by atoms with Crippen molar-refractivity contribution in [3.8, 4) is 0 Å². The molecule has 1 saturated heterocycles. The van der Waals surface area contributed by atoms with E-state index in [0.29, 0.717) is 31.4 Å². The smallest absolute Gasteiger partial charge is 0.220 e. The molecule has 0 aromatic rings. The van der Waals surface area contributed by atoms with Gasteiger partial charge in [-0.25, -0.2) is 0 Å². The summed E-state index contributed by atoms with van der Waals surface area (Å²) in [4.78, 5) is 14.3. The zero-order valence-corrected chi connectivity index (χ0v) is 14.9. The lowest BCUT2D eigenvalue weighted by molar-refractivity contribution is -0.123. The van der Waals surface area contributed by atoms with Crippen molar-refractivity contribution in [3.05, 3.63) is 0 Å². The SMILES string of the molecule is CCOC(CCN(C)C)CNC(=O)CC(C)C1CCCNC1. The van der Waals surface area contributed by atoms with Gasteiger partial charge in [-0.2, -0.15) is 0 Å². The Bertz CT molecular complexity index is 304. The molecule has 1 heterocycles. The molecule has 5 nitrogen and oxygen atoms in total. The first-order valence-corrected chi connectivity index (χ1v) is 8.76. The van der Waals surface area contributed by atoms with E-state index in [1.54, 1.807) is 0 Å². The minimum absolute atomic E-state index is 0.114. The quantitative estimate of drug-likeness (QED) is 0.641. The zero-order valence-electron chi connectivity index (χ0n) is 14.9. The Labute approximate surface area is 136 Å². The molecular formula is C17H35N3O2. The number of nitrogens with zero attached hydrogens (tertiary/aromatic N) is 1. The van der Waals surface area contributed by atoms with Gasteiger partial charge in [0.15, 0.2) is 0 Å². The van der Waals surface area contributed by atoms with E-state index in [4.69, 9.17) is 4.74 Å². The molecule has 5 heteroatoms. The van der Waals surface area contributed by atoms with Gasteiger partial charge in [-0.15, -0.1) is 0 Å². The van der Waals surface area contributed by atoms with Crippen LogP contribution in [0.3, 0.4) is 0 Å². The number of ether oxygens (including phenoxy) is 1. The molecule has 0 radical (unpaired) electrons. The number of hydrogen-bond acceptors (Lipinski definition) is 4. The van der Waals surface area contributed by atoms with Crippen LogP contribution in [0.1, 0.15) is 39.5 Å². The van der Waals surface area contributed by atoms with Crippen LogP contribution in [0.15, 0.2) is 0 Å². The van der Waals surface area contributed by atoms with Crippen molar-refractivity contribution in [3.63, 3.8) is 0 Å². The molecule has 1 aliphatic heterocycles. The maximum absolute atomic E-state index is 12.1. The largest absolute Gasteiger partial charge is 0.377 e. The van der Waals surface area contributed by atoms with E-state index in [2.05, 4.69) is 36.6 Å². The lowest BCUT2D eigenvalue weighted by Crippen LogP contribution is -2.38. The first kappa shape index (κ1) is 19.4. The number of amides is 1. The van der Waals surface area contributed by atoms with Gasteiger partial charge < -0.3 is 20.3 Å². The number of piperidine rings is 1. The topological polar surface area (TPSA) is 53.6 Å². The van der Waals surface area contributed by atoms with Crippen LogP contribution < -0.4 is 10.6 Å². The number of hydrogen-bond donors (Lipinski definition) is 2. The van der Waals surface area contributed by atoms with Gasteiger partial charge in [-0.05, 0) is 65.2 Å². The predicted molar refractivity (Wildman–Crippen MR) is 91.0 cm³/mol. The molecular weight excluding hydrogens is 278 g/mol. The van der Waals surface area contributed by atoms with Gasteiger partial charge >= 0.3 is 0 Å². The molecule has 0 saturated carbocycles. The predicted octanol–water partition coefficient (Wildman–Crippen LogP) is 1.49. The third-order valence-corrected chi connectivity index (χ3v) is 4.47. The number of carbonyl (C=O) groups excluding carboxylic acids is 1. The van der Waals surface area contributed by atoms with Crippen LogP contribution in [0, 0.1) is 11.8 Å². The van der Waals surface area contributed by atoms with Gasteiger partial charge in [0.1, 0.15) is 0 Å². The molecule has 3 atom stereocenters. The monoisotopic (exact) mass is 313 g/mol. The van der Waals surface area contributed by atoms with E-state index < -0.39 is 0 Å². The van der Waals surface area contributed by atoms with E-state index in [1.807, 2.05) is 6.92 Å². The van der Waals surface area contributed by atoms with Crippen molar-refractivity contribution < 1.29 is 9.53 Å². The Morgan fingerprint density at radius 3 is 2.82 bits per heavy atom. The highest BCUT2D eigenvalue weighted by Crippen LogP contribution is 2.22. The maximum Gasteiger partial charge on any atom is 0.220 e. The minimum Gasteiger partial charge on any atom is -0.377 e. The summed E-state index contributed by atoms with van der Waals surface area (Å²) in [5.74, 6) is 1.24. The van der Waals surface area contributed by atoms with E-state index in [9.17, 15) is 4.79 Å². The second kappa shape index (κ2) is 11.0. The average molecular weight is 313 g/mol. The van der Waals surface area contributed by atoms with Crippen LogP contribution in [0.5, 0.6) is 0 Å². The Morgan fingerprint density at radius 2 is 2.23 bits per heavy atom. The highest BCUT2D eigenvalue weighted by atomic mass is 16.5. The zero-order chi connectivity index (χ0) is 16.4. The summed E-state index contributed by atoms with van der Waals surface area (Å²) >= 11 is 0. The lowest BCUT2D eigenvalue weighted by Gasteiger charge is -2.28. The van der Waals surface area contributed by atoms with E-state index in [1.165, 1.54) is 12.8 Å². The fraction of sp³-hybridized carbons (Fsp3) is 0.941. The van der Waals surface area contributed by atoms with Gasteiger partial charge in [-0.3, -0.25) is 4.79 Å². The molecule has 0 aromatic heterocycles. The van der Waals surface area contributed by atoms with Gasteiger partial charge in [0.05, 0.1) is 6.10 Å². The van der Waals surface area contributed by atoms with Crippen molar-refractivity contribution in [2.45, 2.75) is 45.6 Å². The highest BCUT2D eigenvalue weighted by molar-refractivity contribution is 5.76. The van der Waals surface area contributed by atoms with Gasteiger partial charge in [0.2, 0.25) is 5.91 Å². The number of nitrogens with one attached hydrogen (secondary N) is 2. The molecule has 0 spiro atoms. The van der Waals surface area contributed by atoms with E-state index in [-0.39, 0.29) is 12.0 Å². The van der Waals surface area contributed by atoms with Crippen LogP contribution >= 0.6 is 0 Å². The Morgan fingerprint density at radius 1 is 1.45 bits per heavy atom. The molecule has 22 heavy (non-hydrogen) atoms. The molecule has 3 unspecified atom stereocenters. The number of rotatable bonds is 10. The standard InChI is InChI=1S/C17H35N3O2/c1-5-22-16(8-10-20(3)4)13-19-17(21)11-14(2)15-7-6-9-18-12-15/h14-16,18H,5-13H2,1-4H3,(H,19,21). The van der Waals surface area contributed by atoms with E-state index >= 15 is 0 Å². The highest BCUT2D eigenvalue weighted by Gasteiger charge is 2.22. The average Bonchev–Trinajstić information content (AvgIpc) is 2.50. The Kier molecular flexibility index (Phi) is 9.68. The second-order valence-corrected chi connectivity index (χ2v) is 6.76. The molecule has 1 rings (SSSR count). The van der Waals surface area contributed by atoms with Gasteiger partial charge in [0, 0.05) is 26.1 Å². The summed E-state index contributed by atoms with van der Waals surface area (Å²) in [6.45, 7) is 8.67. The first-order chi connectivity index (χ1) is 10.5. The third kappa shape index (κ3) is 8.11. The summed E-state index contributed by atoms with van der Waals surface area (Å²) in [6.07, 6.45) is 4.16. The van der Waals surface area contributed by atoms with Crippen molar-refractivity contribution in [2.75, 3.05) is 46.9 Å². The lowest BCUT2D eigenvalue weighted by atomic mass is 9.85. The molecule has 130 valence electrons. The molecule has 0 aliphatic carbocycles. The Balaban J connectivity index is 2.26. The summed E-state index contributed by atoms with van der Waals surface area (Å²) in [5.41, 5.74) is 0. The molecule has 1 amide bonds. The third-order valence-electron chi connectivity index (χ3n) is 4.47. The molecule has 0 aromatic carbocycles. The first-order valence-electron chi connectivity index (χ1n) is 8.76. The summed E-state index contributed by atoms with van der Waals surface area (Å²) in [5, 5.41) is 6.49. The second-order valence-electron chi connectivity index (χ2n) is 6.76. The molecule has 2 N–H and O–H groups in total. The summed E-state index contributed by atoms with van der Waals surface area (Å²) in [7, 11) is 4.11. The van der Waals surface area contributed by atoms with Gasteiger partial charge in [-0.1, -0.05) is 6.92 Å². The van der Waals surface area contributed by atoms with Gasteiger partial charge in [0.25, 0.3) is 0 Å². The summed E-state index contributed by atoms with van der Waals surface area (Å²) < 4.78 is 5.71. The van der Waals surface area contributed by atoms with Crippen molar-refractivity contribution in [2.24, 2.45) is 11.8 Å². The normalized spacial score (nSPS) is 21.6. The summed E-state index contributed by atoms with van der Waals surface area (Å²) in [6, 6.07) is 0.